The van der Waals surface area contributed by atoms with Gasteiger partial charge in [-0.3, -0.25) is 9.69 Å². The van der Waals surface area contributed by atoms with E-state index in [0.717, 1.165) is 32.0 Å². The molecule has 1 aromatic carbocycles. The molecular weight excluding hydrogens is 468 g/mol. The molecule has 1 fully saturated rings. The Hall–Kier alpha value is -2.70. The van der Waals surface area contributed by atoms with Gasteiger partial charge in [0.1, 0.15) is 13.7 Å². The zero-order valence-electron chi connectivity index (χ0n) is 18.9. The number of rotatable bonds is 6. The zero-order chi connectivity index (χ0) is 24.8. The zero-order valence-corrected chi connectivity index (χ0v) is 19.7. The number of aliphatic hydroxyl groups is 3. The van der Waals surface area contributed by atoms with E-state index in [2.05, 4.69) is 36.0 Å². The fraction of sp³-hybridized carbons (Fsp3) is 0.409. The summed E-state index contributed by atoms with van der Waals surface area (Å²) in [5.74, 6) is -2.54. The Bertz CT molecular complexity index is 1240. The number of piperazine rings is 1. The normalized spacial score (nSPS) is 21.4. The van der Waals surface area contributed by atoms with Crippen LogP contribution < -0.4 is 9.64 Å². The highest BCUT2D eigenvalue weighted by Crippen LogP contribution is 2.32. The van der Waals surface area contributed by atoms with E-state index in [-0.39, 0.29) is 29.5 Å². The molecule has 0 saturated carbocycles. The van der Waals surface area contributed by atoms with Crippen LogP contribution in [-0.2, 0) is 5.50 Å². The molecule has 0 aliphatic carbocycles. The molecule has 2 aromatic heterocycles. The van der Waals surface area contributed by atoms with Crippen LogP contribution in [0.2, 0.25) is 0 Å². The number of hydrogen-bond acceptors (Lipinski definition) is 10. The van der Waals surface area contributed by atoms with Gasteiger partial charge in [-0.1, -0.05) is 12.1 Å². The van der Waals surface area contributed by atoms with E-state index in [4.69, 9.17) is 15.7 Å². The molecule has 4 radical (unpaired) electrons. The van der Waals surface area contributed by atoms with Gasteiger partial charge in [0.2, 0.25) is 13.7 Å². The molecule has 1 atom stereocenters. The second-order valence-electron chi connectivity index (χ2n) is 8.81. The van der Waals surface area contributed by atoms with Crippen LogP contribution in [-0.4, -0.2) is 108 Å². The van der Waals surface area contributed by atoms with Crippen LogP contribution in [0.15, 0.2) is 36.5 Å². The molecule has 10 nitrogen and oxygen atoms in total. The summed E-state index contributed by atoms with van der Waals surface area (Å²) < 4.78 is 10.5. The van der Waals surface area contributed by atoms with Crippen molar-refractivity contribution in [1.82, 2.24) is 19.2 Å². The summed E-state index contributed by atoms with van der Waals surface area (Å²) in [6.07, 6.45) is 1.18. The molecule has 5 rings (SSSR count). The number of β-amino-alcohol motifs (C(OH)–C–C–N with tert-alkyl or cyclic N) is 1. The van der Waals surface area contributed by atoms with E-state index < -0.39 is 11.4 Å². The number of nitrogens with zero attached hydrogens (tertiary/aromatic N) is 5. The molecule has 3 aromatic rings. The van der Waals surface area contributed by atoms with Crippen LogP contribution in [0.1, 0.15) is 15.9 Å². The highest BCUT2D eigenvalue weighted by molar-refractivity contribution is 7.13. The molecule has 1 unspecified atom stereocenters. The van der Waals surface area contributed by atoms with Crippen molar-refractivity contribution < 1.29 is 24.9 Å². The standard InChI is InChI=1S/C22H23B2N5O5S/c23-21(31)13-29(20(30)15-12-25-18(11-16(15)21)34-22(24,32)33)10-7-27-5-8-28(9-6-27)19-14-3-1-2-4-17(14)35-26-19/h1-4,11-12,31-33H,5-10,13H2. The lowest BCUT2D eigenvalue weighted by Gasteiger charge is -2.40. The topological polar surface area (TPSA) is 122 Å². The van der Waals surface area contributed by atoms with Crippen molar-refractivity contribution in [2.45, 2.75) is 11.4 Å². The van der Waals surface area contributed by atoms with Gasteiger partial charge < -0.3 is 29.9 Å². The maximum atomic E-state index is 13.0. The first-order valence-corrected chi connectivity index (χ1v) is 11.9. The first-order chi connectivity index (χ1) is 16.6. The summed E-state index contributed by atoms with van der Waals surface area (Å²) in [5, 5.41) is 30.4. The summed E-state index contributed by atoms with van der Waals surface area (Å²) in [5.41, 5.74) is -1.67. The molecule has 0 bridgehead atoms. The maximum absolute atomic E-state index is 13.0. The second kappa shape index (κ2) is 9.07. The number of amides is 1. The first kappa shape index (κ1) is 24.0. The second-order valence-corrected chi connectivity index (χ2v) is 9.62. The Morgan fingerprint density at radius 1 is 1.17 bits per heavy atom. The predicted octanol–water partition coefficient (Wildman–Crippen LogP) is -0.574. The number of benzene rings is 1. The van der Waals surface area contributed by atoms with E-state index in [0.29, 0.717) is 13.1 Å². The third kappa shape index (κ3) is 5.00. The molecule has 2 aliphatic heterocycles. The van der Waals surface area contributed by atoms with Crippen molar-refractivity contribution in [2.24, 2.45) is 0 Å². The number of hydrogen-bond donors (Lipinski definition) is 3. The molecule has 178 valence electrons. The van der Waals surface area contributed by atoms with Gasteiger partial charge >= 0.3 is 0 Å². The summed E-state index contributed by atoms with van der Waals surface area (Å²) in [6, 6.07) is 9.39. The first-order valence-electron chi connectivity index (χ1n) is 11.2. The highest BCUT2D eigenvalue weighted by Gasteiger charge is 2.39. The highest BCUT2D eigenvalue weighted by atomic mass is 32.1. The molecule has 35 heavy (non-hydrogen) atoms. The minimum Gasteiger partial charge on any atom is -0.432 e. The summed E-state index contributed by atoms with van der Waals surface area (Å²) >= 11 is 1.51. The van der Waals surface area contributed by atoms with Gasteiger partial charge in [-0.25, -0.2) is 4.98 Å². The van der Waals surface area contributed by atoms with Gasteiger partial charge in [-0.15, -0.1) is 0 Å². The smallest absolute Gasteiger partial charge is 0.261 e. The number of anilines is 1. The fourth-order valence-electron chi connectivity index (χ4n) is 4.52. The molecule has 4 heterocycles. The van der Waals surface area contributed by atoms with Gasteiger partial charge in [0.05, 0.1) is 15.8 Å². The molecule has 3 N–H and O–H groups in total. The van der Waals surface area contributed by atoms with Gasteiger partial charge in [0.15, 0.2) is 0 Å². The summed E-state index contributed by atoms with van der Waals surface area (Å²) in [6.45, 7) is 4.19. The number of carbonyl (C=O) groups is 1. The van der Waals surface area contributed by atoms with Crippen molar-refractivity contribution >= 4 is 49.0 Å². The van der Waals surface area contributed by atoms with Gasteiger partial charge in [-0.2, -0.15) is 4.37 Å². The Morgan fingerprint density at radius 3 is 2.66 bits per heavy atom. The molecule has 2 aliphatic rings. The van der Waals surface area contributed by atoms with Crippen LogP contribution >= 0.6 is 11.5 Å². The van der Waals surface area contributed by atoms with Crippen LogP contribution in [0.5, 0.6) is 5.88 Å². The Labute approximate surface area is 208 Å². The number of aromatic nitrogens is 2. The molecule has 13 heteroatoms. The Balaban J connectivity index is 1.21. The molecule has 1 amide bonds. The summed E-state index contributed by atoms with van der Waals surface area (Å²) in [7, 11) is 11.1. The SMILES string of the molecule is [B]C(O)(O)Oc1cc2c(cn1)C(=O)N(CCN1CCN(c3nsc4ccccc34)CC1)CC2([B])O. The number of ether oxygens (including phenoxy) is 1. The van der Waals surface area contributed by atoms with Gasteiger partial charge in [-0.05, 0) is 29.2 Å². The quantitative estimate of drug-likeness (QED) is 0.308. The monoisotopic (exact) mass is 491 g/mol. The van der Waals surface area contributed by atoms with Crippen molar-refractivity contribution in [3.8, 4) is 5.88 Å². The Morgan fingerprint density at radius 2 is 1.91 bits per heavy atom. The molecule has 1 saturated heterocycles. The van der Waals surface area contributed by atoms with Gasteiger partial charge in [0, 0.05) is 63.5 Å². The number of pyridine rings is 1. The average molecular weight is 491 g/mol. The van der Waals surface area contributed by atoms with Gasteiger partial charge in [0.25, 0.3) is 11.8 Å². The average Bonchev–Trinajstić information content (AvgIpc) is 3.24. The fourth-order valence-corrected chi connectivity index (χ4v) is 5.32. The minimum atomic E-state index is -2.95. The number of fused-ring (bicyclic) bond motifs is 2. The minimum absolute atomic E-state index is 0.0807. The van der Waals surface area contributed by atoms with E-state index >= 15 is 0 Å². The van der Waals surface area contributed by atoms with Crippen LogP contribution in [0.4, 0.5) is 5.82 Å². The predicted molar refractivity (Wildman–Crippen MR) is 132 cm³/mol. The van der Waals surface area contributed by atoms with E-state index in [9.17, 15) is 20.1 Å². The van der Waals surface area contributed by atoms with Crippen LogP contribution in [0.3, 0.4) is 0 Å². The van der Waals surface area contributed by atoms with Crippen molar-refractivity contribution in [2.75, 3.05) is 50.7 Å². The Kier molecular flexibility index (Phi) is 6.22. The third-order valence-corrected chi connectivity index (χ3v) is 7.08. The van der Waals surface area contributed by atoms with Crippen LogP contribution in [0, 0.1) is 0 Å². The largest absolute Gasteiger partial charge is 0.432 e. The molecule has 0 spiro atoms. The maximum Gasteiger partial charge on any atom is 0.261 e. The number of carbonyl (C=O) groups excluding carboxylic acids is 1. The van der Waals surface area contributed by atoms with Crippen molar-refractivity contribution in [3.05, 3.63) is 47.7 Å². The lowest BCUT2D eigenvalue weighted by molar-refractivity contribution is -0.225. The van der Waals surface area contributed by atoms with Crippen LogP contribution in [0.25, 0.3) is 10.1 Å². The van der Waals surface area contributed by atoms with Crippen molar-refractivity contribution in [3.63, 3.8) is 0 Å². The molecular formula is C22H23B2N5O5S. The van der Waals surface area contributed by atoms with E-state index in [1.54, 1.807) is 0 Å². The van der Waals surface area contributed by atoms with E-state index in [1.807, 2.05) is 12.1 Å². The lowest BCUT2D eigenvalue weighted by atomic mass is 9.71. The summed E-state index contributed by atoms with van der Waals surface area (Å²) in [4.78, 5) is 23.0. The third-order valence-electron chi connectivity index (χ3n) is 6.27. The van der Waals surface area contributed by atoms with Crippen molar-refractivity contribution in [1.29, 1.82) is 0 Å². The lowest BCUT2D eigenvalue weighted by Crippen LogP contribution is -2.53. The van der Waals surface area contributed by atoms with E-state index in [1.165, 1.54) is 38.8 Å².